The summed E-state index contributed by atoms with van der Waals surface area (Å²) in [6.07, 6.45) is 3.21. The van der Waals surface area contributed by atoms with Crippen LogP contribution < -0.4 is 0 Å². The van der Waals surface area contributed by atoms with Crippen LogP contribution in [0, 0.1) is 0 Å². The van der Waals surface area contributed by atoms with Gasteiger partial charge < -0.3 is 9.72 Å². The highest BCUT2D eigenvalue weighted by atomic mass is 16.5. The number of nitrogens with one attached hydrogen (secondary N) is 1. The summed E-state index contributed by atoms with van der Waals surface area (Å²) in [4.78, 5) is 19.1. The Hall–Kier alpha value is -3.63. The van der Waals surface area contributed by atoms with Crippen LogP contribution in [0.3, 0.4) is 0 Å². The summed E-state index contributed by atoms with van der Waals surface area (Å²) >= 11 is 0. The van der Waals surface area contributed by atoms with E-state index in [2.05, 4.69) is 76.6 Å². The van der Waals surface area contributed by atoms with Gasteiger partial charge in [0.15, 0.2) is 0 Å². The van der Waals surface area contributed by atoms with E-state index in [0.717, 1.165) is 40.7 Å². The molecule has 3 aromatic carbocycles. The van der Waals surface area contributed by atoms with E-state index in [4.69, 9.17) is 4.74 Å². The Labute approximate surface area is 187 Å². The second-order valence-corrected chi connectivity index (χ2v) is 8.45. The lowest BCUT2D eigenvalue weighted by Gasteiger charge is -2.37. The van der Waals surface area contributed by atoms with E-state index < -0.39 is 6.04 Å². The fourth-order valence-corrected chi connectivity index (χ4v) is 5.41. The van der Waals surface area contributed by atoms with Crippen molar-refractivity contribution in [2.75, 3.05) is 13.7 Å². The molecule has 2 aliphatic heterocycles. The van der Waals surface area contributed by atoms with Gasteiger partial charge in [-0.2, -0.15) is 0 Å². The number of carbonyl (C=O) groups excluding carboxylic acids is 1. The van der Waals surface area contributed by atoms with Crippen molar-refractivity contribution in [3.63, 3.8) is 0 Å². The van der Waals surface area contributed by atoms with Crippen LogP contribution in [0.1, 0.15) is 40.0 Å². The SMILES string of the molecule is COC(=O)[C@@H]1c2ccccc2C(c2ccccc2)=C[C@H]2c3[nH]c4ccccc4c3CCN12. The zero-order chi connectivity index (χ0) is 21.7. The highest BCUT2D eigenvalue weighted by molar-refractivity contribution is 5.89. The first-order valence-corrected chi connectivity index (χ1v) is 11.1. The Morgan fingerprint density at radius 2 is 1.72 bits per heavy atom. The first-order chi connectivity index (χ1) is 15.8. The number of benzene rings is 3. The van der Waals surface area contributed by atoms with Crippen molar-refractivity contribution in [3.05, 3.63) is 113 Å². The maximum atomic E-state index is 13.2. The van der Waals surface area contributed by atoms with Gasteiger partial charge in [-0.3, -0.25) is 4.90 Å². The van der Waals surface area contributed by atoms with Crippen LogP contribution in [0.2, 0.25) is 0 Å². The zero-order valence-electron chi connectivity index (χ0n) is 17.9. The zero-order valence-corrected chi connectivity index (χ0v) is 17.9. The van der Waals surface area contributed by atoms with Gasteiger partial charge in [0.2, 0.25) is 0 Å². The molecule has 158 valence electrons. The number of hydrogen-bond acceptors (Lipinski definition) is 3. The quantitative estimate of drug-likeness (QED) is 0.440. The highest BCUT2D eigenvalue weighted by Crippen LogP contribution is 2.46. The number of aromatic nitrogens is 1. The Morgan fingerprint density at radius 1 is 0.969 bits per heavy atom. The van der Waals surface area contributed by atoms with Crippen LogP contribution in [0.15, 0.2) is 84.9 Å². The second-order valence-electron chi connectivity index (χ2n) is 8.45. The molecule has 1 aromatic heterocycles. The molecule has 0 fully saturated rings. The van der Waals surface area contributed by atoms with Crippen LogP contribution in [-0.2, 0) is 16.0 Å². The largest absolute Gasteiger partial charge is 0.468 e. The van der Waals surface area contributed by atoms with Crippen molar-refractivity contribution in [1.82, 2.24) is 9.88 Å². The van der Waals surface area contributed by atoms with E-state index in [9.17, 15) is 4.79 Å². The second kappa shape index (κ2) is 7.50. The lowest BCUT2D eigenvalue weighted by molar-refractivity contribution is -0.148. The van der Waals surface area contributed by atoms with Gasteiger partial charge in [-0.1, -0.05) is 78.9 Å². The van der Waals surface area contributed by atoms with Gasteiger partial charge in [0.1, 0.15) is 6.04 Å². The van der Waals surface area contributed by atoms with Gasteiger partial charge in [-0.15, -0.1) is 0 Å². The number of nitrogens with zero attached hydrogens (tertiary/aromatic N) is 1. The van der Waals surface area contributed by atoms with Gasteiger partial charge in [-0.05, 0) is 40.3 Å². The number of fused-ring (bicyclic) bond motifs is 6. The first-order valence-electron chi connectivity index (χ1n) is 11.1. The average molecular weight is 421 g/mol. The molecule has 4 heteroatoms. The fourth-order valence-electron chi connectivity index (χ4n) is 5.41. The standard InChI is InChI=1S/C28H24N2O2/c1-32-28(31)27-22-13-6-5-11-19(22)23(18-9-3-2-4-10-18)17-25-26-21(15-16-30(25)27)20-12-7-8-14-24(20)29-26/h2-14,17,25,27,29H,15-16H2,1H3/t25-,27-/m0/s1. The van der Waals surface area contributed by atoms with Crippen molar-refractivity contribution < 1.29 is 9.53 Å². The predicted octanol–water partition coefficient (Wildman–Crippen LogP) is 5.43. The Morgan fingerprint density at radius 3 is 2.56 bits per heavy atom. The van der Waals surface area contributed by atoms with E-state index in [1.165, 1.54) is 23.8 Å². The number of para-hydroxylation sites is 1. The monoisotopic (exact) mass is 420 g/mol. The van der Waals surface area contributed by atoms with E-state index in [1.54, 1.807) is 0 Å². The smallest absolute Gasteiger partial charge is 0.327 e. The summed E-state index contributed by atoms with van der Waals surface area (Å²) in [6, 6.07) is 26.6. The molecule has 32 heavy (non-hydrogen) atoms. The Kier molecular flexibility index (Phi) is 4.47. The van der Waals surface area contributed by atoms with E-state index in [1.807, 2.05) is 18.2 Å². The molecular formula is C28H24N2O2. The summed E-state index contributed by atoms with van der Waals surface area (Å²) in [6.45, 7) is 0.784. The van der Waals surface area contributed by atoms with Crippen LogP contribution in [0.25, 0.3) is 16.5 Å². The lowest BCUT2D eigenvalue weighted by atomic mass is 9.91. The number of carbonyl (C=O) groups is 1. The van der Waals surface area contributed by atoms with Gasteiger partial charge in [-0.25, -0.2) is 4.79 Å². The molecule has 0 spiro atoms. The number of hydrogen-bond donors (Lipinski definition) is 1. The van der Waals surface area contributed by atoms with Crippen LogP contribution in [-0.4, -0.2) is 29.5 Å². The first kappa shape index (κ1) is 19.1. The number of aromatic amines is 1. The highest BCUT2D eigenvalue weighted by Gasteiger charge is 2.41. The van der Waals surface area contributed by atoms with E-state index in [-0.39, 0.29) is 12.0 Å². The summed E-state index contributed by atoms with van der Waals surface area (Å²) < 4.78 is 5.33. The lowest BCUT2D eigenvalue weighted by Crippen LogP contribution is -2.41. The normalized spacial score (nSPS) is 20.0. The van der Waals surface area contributed by atoms with Crippen LogP contribution >= 0.6 is 0 Å². The number of rotatable bonds is 2. The third-order valence-electron chi connectivity index (χ3n) is 6.83. The molecule has 3 heterocycles. The molecule has 4 aromatic rings. The van der Waals surface area contributed by atoms with Gasteiger partial charge in [0.25, 0.3) is 0 Å². The molecule has 0 saturated carbocycles. The van der Waals surface area contributed by atoms with Crippen LogP contribution in [0.5, 0.6) is 0 Å². The van der Waals surface area contributed by atoms with Gasteiger partial charge in [0, 0.05) is 23.1 Å². The molecule has 1 N–H and O–H groups in total. The number of ether oxygens (including phenoxy) is 1. The topological polar surface area (TPSA) is 45.3 Å². The maximum Gasteiger partial charge on any atom is 0.327 e. The Balaban J connectivity index is 1.64. The summed E-state index contributed by atoms with van der Waals surface area (Å²) in [5.74, 6) is -0.218. The number of methoxy groups -OCH3 is 1. The summed E-state index contributed by atoms with van der Waals surface area (Å²) in [5.41, 5.74) is 8.04. The van der Waals surface area contributed by atoms with Crippen molar-refractivity contribution in [3.8, 4) is 0 Å². The predicted molar refractivity (Wildman–Crippen MR) is 126 cm³/mol. The maximum absolute atomic E-state index is 13.2. The minimum Gasteiger partial charge on any atom is -0.468 e. The van der Waals surface area contributed by atoms with Crippen molar-refractivity contribution in [2.45, 2.75) is 18.5 Å². The minimum absolute atomic E-state index is 0.0575. The van der Waals surface area contributed by atoms with Gasteiger partial charge in [0.05, 0.1) is 13.2 Å². The van der Waals surface area contributed by atoms with Crippen molar-refractivity contribution in [1.29, 1.82) is 0 Å². The van der Waals surface area contributed by atoms with E-state index >= 15 is 0 Å². The molecule has 0 amide bonds. The number of H-pyrrole nitrogens is 1. The minimum atomic E-state index is -0.460. The summed E-state index contributed by atoms with van der Waals surface area (Å²) in [5, 5.41) is 1.27. The Bertz CT molecular complexity index is 1350. The molecular weight excluding hydrogens is 396 g/mol. The molecule has 4 nitrogen and oxygen atoms in total. The molecule has 0 aliphatic carbocycles. The number of esters is 1. The van der Waals surface area contributed by atoms with E-state index in [0.29, 0.717) is 0 Å². The fraction of sp³-hybridized carbons (Fsp3) is 0.179. The molecule has 2 atom stereocenters. The molecule has 2 aliphatic rings. The molecule has 6 rings (SSSR count). The van der Waals surface area contributed by atoms with Crippen molar-refractivity contribution >= 4 is 22.4 Å². The van der Waals surface area contributed by atoms with Gasteiger partial charge >= 0.3 is 5.97 Å². The molecule has 0 saturated heterocycles. The third kappa shape index (κ3) is 2.84. The average Bonchev–Trinajstić information content (AvgIpc) is 3.15. The van der Waals surface area contributed by atoms with Crippen LogP contribution in [0.4, 0.5) is 0 Å². The summed E-state index contributed by atoms with van der Waals surface area (Å²) in [7, 11) is 1.48. The molecule has 0 bridgehead atoms. The molecule has 0 radical (unpaired) electrons. The molecule has 0 unspecified atom stereocenters. The van der Waals surface area contributed by atoms with Crippen molar-refractivity contribution in [2.24, 2.45) is 0 Å². The third-order valence-corrected chi connectivity index (χ3v) is 6.83.